The van der Waals surface area contributed by atoms with Crippen LogP contribution >= 0.6 is 11.6 Å². The Morgan fingerprint density at radius 3 is 2.67 bits per heavy atom. The van der Waals surface area contributed by atoms with Gasteiger partial charge in [-0.1, -0.05) is 6.07 Å². The van der Waals surface area contributed by atoms with Crippen LogP contribution in [-0.4, -0.2) is 29.0 Å². The van der Waals surface area contributed by atoms with Crippen molar-refractivity contribution in [3.05, 3.63) is 35.9 Å². The quantitative estimate of drug-likeness (QED) is 0.779. The average molecular weight is 268 g/mol. The minimum atomic E-state index is 0.286. The van der Waals surface area contributed by atoms with E-state index in [2.05, 4.69) is 10.2 Å². The molecule has 1 aromatic carbocycles. The molecule has 0 aliphatic rings. The minimum Gasteiger partial charge on any atom is -0.497 e. The normalized spacial score (nSPS) is 10.6. The molecule has 1 heterocycles. The third-order valence-electron chi connectivity index (χ3n) is 2.50. The first-order valence-corrected chi connectivity index (χ1v) is 5.96. The lowest BCUT2D eigenvalue weighted by molar-refractivity contribution is 0.176. The van der Waals surface area contributed by atoms with Crippen molar-refractivity contribution in [3.63, 3.8) is 0 Å². The zero-order chi connectivity index (χ0) is 13.0. The van der Waals surface area contributed by atoms with Gasteiger partial charge in [0.25, 0.3) is 0 Å². The number of ether oxygens (including phenoxy) is 2. The third kappa shape index (κ3) is 2.47. The van der Waals surface area contributed by atoms with Crippen LogP contribution in [0.2, 0.25) is 0 Å². The SMILES string of the molecule is COCc1nnc(CCl)n1-c1cccc(OC)c1. The highest BCUT2D eigenvalue weighted by molar-refractivity contribution is 6.16. The number of rotatable bonds is 5. The van der Waals surface area contributed by atoms with Crippen LogP contribution in [0.15, 0.2) is 24.3 Å². The van der Waals surface area contributed by atoms with Gasteiger partial charge in [-0.05, 0) is 12.1 Å². The van der Waals surface area contributed by atoms with Crippen LogP contribution < -0.4 is 4.74 Å². The molecule has 0 spiro atoms. The molecule has 5 nitrogen and oxygen atoms in total. The lowest BCUT2D eigenvalue weighted by Gasteiger charge is -2.10. The summed E-state index contributed by atoms with van der Waals surface area (Å²) in [5.41, 5.74) is 0.905. The second kappa shape index (κ2) is 5.84. The molecule has 1 aromatic heterocycles. The lowest BCUT2D eigenvalue weighted by atomic mass is 10.3. The number of methoxy groups -OCH3 is 2. The molecule has 0 amide bonds. The average Bonchev–Trinajstić information content (AvgIpc) is 2.82. The van der Waals surface area contributed by atoms with E-state index < -0.39 is 0 Å². The summed E-state index contributed by atoms with van der Waals surface area (Å²) >= 11 is 5.87. The standard InChI is InChI=1S/C12H14ClN3O2/c1-17-8-12-15-14-11(7-13)16(12)9-4-3-5-10(6-9)18-2/h3-6H,7-8H2,1-2H3. The topological polar surface area (TPSA) is 49.2 Å². The maximum atomic E-state index is 5.87. The van der Waals surface area contributed by atoms with Gasteiger partial charge in [0, 0.05) is 13.2 Å². The van der Waals surface area contributed by atoms with Gasteiger partial charge in [-0.25, -0.2) is 0 Å². The van der Waals surface area contributed by atoms with Crippen LogP contribution in [0.4, 0.5) is 0 Å². The summed E-state index contributed by atoms with van der Waals surface area (Å²) in [6, 6.07) is 7.63. The summed E-state index contributed by atoms with van der Waals surface area (Å²) in [7, 11) is 3.24. The second-order valence-electron chi connectivity index (χ2n) is 3.64. The Kier molecular flexibility index (Phi) is 4.17. The first-order valence-electron chi connectivity index (χ1n) is 5.42. The molecular weight excluding hydrogens is 254 g/mol. The molecule has 0 unspecified atom stereocenters. The smallest absolute Gasteiger partial charge is 0.163 e. The molecule has 0 atom stereocenters. The summed E-state index contributed by atoms with van der Waals surface area (Å²) < 4.78 is 12.2. The van der Waals surface area contributed by atoms with Crippen LogP contribution in [-0.2, 0) is 17.2 Å². The predicted octanol–water partition coefficient (Wildman–Crippen LogP) is 2.16. The first-order chi connectivity index (χ1) is 8.80. The van der Waals surface area contributed by atoms with Crippen LogP contribution in [0, 0.1) is 0 Å². The van der Waals surface area contributed by atoms with Gasteiger partial charge in [0.1, 0.15) is 12.4 Å². The van der Waals surface area contributed by atoms with Gasteiger partial charge in [0.05, 0.1) is 18.7 Å². The van der Waals surface area contributed by atoms with Crippen LogP contribution in [0.3, 0.4) is 0 Å². The number of halogens is 1. The van der Waals surface area contributed by atoms with Crippen molar-refractivity contribution in [2.24, 2.45) is 0 Å². The largest absolute Gasteiger partial charge is 0.497 e. The molecule has 0 radical (unpaired) electrons. The van der Waals surface area contributed by atoms with Crippen molar-refractivity contribution < 1.29 is 9.47 Å². The van der Waals surface area contributed by atoms with Crippen molar-refractivity contribution in [1.29, 1.82) is 0 Å². The highest BCUT2D eigenvalue weighted by Crippen LogP contribution is 2.20. The van der Waals surface area contributed by atoms with Crippen molar-refractivity contribution in [3.8, 4) is 11.4 Å². The Labute approximate surface area is 110 Å². The molecule has 96 valence electrons. The minimum absolute atomic E-state index is 0.286. The van der Waals surface area contributed by atoms with E-state index in [1.807, 2.05) is 28.8 Å². The van der Waals surface area contributed by atoms with Gasteiger partial charge in [-0.3, -0.25) is 4.57 Å². The van der Waals surface area contributed by atoms with E-state index in [1.54, 1.807) is 14.2 Å². The monoisotopic (exact) mass is 267 g/mol. The van der Waals surface area contributed by atoms with Gasteiger partial charge in [0.2, 0.25) is 0 Å². The highest BCUT2D eigenvalue weighted by Gasteiger charge is 2.13. The van der Waals surface area contributed by atoms with Crippen LogP contribution in [0.5, 0.6) is 5.75 Å². The van der Waals surface area contributed by atoms with E-state index in [4.69, 9.17) is 21.1 Å². The number of nitrogens with zero attached hydrogens (tertiary/aromatic N) is 3. The van der Waals surface area contributed by atoms with Gasteiger partial charge in [-0.15, -0.1) is 21.8 Å². The molecule has 0 bridgehead atoms. The molecule has 0 aliphatic carbocycles. The highest BCUT2D eigenvalue weighted by atomic mass is 35.5. The van der Waals surface area contributed by atoms with E-state index in [1.165, 1.54) is 0 Å². The van der Waals surface area contributed by atoms with Crippen molar-refractivity contribution in [2.45, 2.75) is 12.5 Å². The van der Waals surface area contributed by atoms with Crippen molar-refractivity contribution in [2.75, 3.05) is 14.2 Å². The lowest BCUT2D eigenvalue weighted by Crippen LogP contribution is -2.05. The molecular formula is C12H14ClN3O2. The Morgan fingerprint density at radius 1 is 1.22 bits per heavy atom. The van der Waals surface area contributed by atoms with Crippen molar-refractivity contribution >= 4 is 11.6 Å². The Bertz CT molecular complexity index is 528. The number of aromatic nitrogens is 3. The van der Waals surface area contributed by atoms with E-state index in [0.717, 1.165) is 11.4 Å². The first kappa shape index (κ1) is 12.9. The summed E-state index contributed by atoms with van der Waals surface area (Å²) in [4.78, 5) is 0. The van der Waals surface area contributed by atoms with E-state index in [0.29, 0.717) is 18.3 Å². The van der Waals surface area contributed by atoms with E-state index in [9.17, 15) is 0 Å². The molecule has 0 N–H and O–H groups in total. The number of benzene rings is 1. The summed E-state index contributed by atoms with van der Waals surface area (Å²) in [5, 5.41) is 8.12. The predicted molar refractivity (Wildman–Crippen MR) is 68.2 cm³/mol. The fourth-order valence-corrected chi connectivity index (χ4v) is 1.88. The molecule has 2 aromatic rings. The molecule has 0 saturated carbocycles. The van der Waals surface area contributed by atoms with Gasteiger partial charge >= 0.3 is 0 Å². The number of alkyl halides is 1. The fourth-order valence-electron chi connectivity index (χ4n) is 1.71. The molecule has 2 rings (SSSR count). The zero-order valence-corrected chi connectivity index (χ0v) is 11.0. The van der Waals surface area contributed by atoms with Crippen molar-refractivity contribution in [1.82, 2.24) is 14.8 Å². The Balaban J connectivity index is 2.49. The van der Waals surface area contributed by atoms with Gasteiger partial charge in [0.15, 0.2) is 11.6 Å². The maximum Gasteiger partial charge on any atom is 0.163 e. The number of hydrogen-bond donors (Lipinski definition) is 0. The summed E-state index contributed by atoms with van der Waals surface area (Å²) in [6.45, 7) is 0.376. The third-order valence-corrected chi connectivity index (χ3v) is 2.74. The summed E-state index contributed by atoms with van der Waals surface area (Å²) in [5.74, 6) is 2.44. The molecule has 0 saturated heterocycles. The Morgan fingerprint density at radius 2 is 2.00 bits per heavy atom. The maximum absolute atomic E-state index is 5.87. The molecule has 18 heavy (non-hydrogen) atoms. The molecule has 0 fully saturated rings. The van der Waals surface area contributed by atoms with Gasteiger partial charge in [-0.2, -0.15) is 0 Å². The van der Waals surface area contributed by atoms with Crippen LogP contribution in [0.25, 0.3) is 5.69 Å². The molecule has 0 aliphatic heterocycles. The molecule has 6 heteroatoms. The van der Waals surface area contributed by atoms with E-state index >= 15 is 0 Å². The van der Waals surface area contributed by atoms with Gasteiger partial charge < -0.3 is 9.47 Å². The zero-order valence-electron chi connectivity index (χ0n) is 10.3. The second-order valence-corrected chi connectivity index (χ2v) is 3.90. The van der Waals surface area contributed by atoms with E-state index in [-0.39, 0.29) is 5.88 Å². The summed E-state index contributed by atoms with van der Waals surface area (Å²) in [6.07, 6.45) is 0. The van der Waals surface area contributed by atoms with Crippen LogP contribution in [0.1, 0.15) is 11.6 Å². The number of hydrogen-bond acceptors (Lipinski definition) is 4. The fraction of sp³-hybridized carbons (Fsp3) is 0.333. The Hall–Kier alpha value is -1.59.